The average molecular weight is 864 g/mol. The van der Waals surface area contributed by atoms with Crippen LogP contribution in [0.1, 0.15) is 105 Å². The van der Waals surface area contributed by atoms with E-state index >= 15 is 0 Å². The Balaban J connectivity index is 1.44. The first-order chi connectivity index (χ1) is 30.4. The molecule has 0 aromatic heterocycles. The number of unbranched alkanes of at least 4 members (excludes halogenated alkanes) is 2. The molecule has 1 saturated carbocycles. The van der Waals surface area contributed by atoms with Gasteiger partial charge in [0.2, 0.25) is 12.1 Å². The van der Waals surface area contributed by atoms with Crippen molar-refractivity contribution < 1.29 is 38.8 Å². The summed E-state index contributed by atoms with van der Waals surface area (Å²) in [7, 11) is 0. The van der Waals surface area contributed by atoms with E-state index in [1.54, 1.807) is 42.1 Å². The number of aliphatic hydroxyl groups is 2. The van der Waals surface area contributed by atoms with Gasteiger partial charge in [-0.2, -0.15) is 5.26 Å². The van der Waals surface area contributed by atoms with Crippen LogP contribution in [0, 0.1) is 29.1 Å². The number of amides is 1. The molecule has 12 heteroatoms. The van der Waals surface area contributed by atoms with Crippen LogP contribution in [0.15, 0.2) is 101 Å². The van der Waals surface area contributed by atoms with Crippen molar-refractivity contribution in [1.82, 2.24) is 4.90 Å². The first-order valence-electron chi connectivity index (χ1n) is 22.4. The Bertz CT molecular complexity index is 2080. The zero-order valence-electron chi connectivity index (χ0n) is 36.1. The molecule has 1 saturated heterocycles. The van der Waals surface area contributed by atoms with Gasteiger partial charge in [-0.1, -0.05) is 37.1 Å². The molecule has 1 amide bonds. The van der Waals surface area contributed by atoms with Crippen LogP contribution in [0.5, 0.6) is 17.2 Å². The summed E-state index contributed by atoms with van der Waals surface area (Å²) in [5.74, 6) is -0.0478. The zero-order valence-corrected chi connectivity index (χ0v) is 36.9. The lowest BCUT2D eigenvalue weighted by atomic mass is 9.55. The summed E-state index contributed by atoms with van der Waals surface area (Å²) in [6, 6.07) is 22.3. The lowest BCUT2D eigenvalue weighted by Gasteiger charge is -2.60. The maximum atomic E-state index is 15.0. The Labute approximate surface area is 370 Å². The molecule has 7 unspecified atom stereocenters. The van der Waals surface area contributed by atoms with Crippen LogP contribution in [0.2, 0.25) is 0 Å². The molecule has 2 fully saturated rings. The Kier molecular flexibility index (Phi) is 15.8. The minimum Gasteiger partial charge on any atom is -0.459 e. The second-order valence-electron chi connectivity index (χ2n) is 16.6. The molecule has 3 aromatic rings. The molecular formula is C50H61N3O8S. The number of oxime groups is 1. The highest BCUT2D eigenvalue weighted by atomic mass is 32.2. The summed E-state index contributed by atoms with van der Waals surface area (Å²) in [4.78, 5) is 24.3. The predicted octanol–water partition coefficient (Wildman–Crippen LogP) is 9.79. The number of rotatable bonds is 20. The first kappa shape index (κ1) is 45.4. The number of hydrogen-bond acceptors (Lipinski definition) is 11. The maximum Gasteiger partial charge on any atom is 0.254 e. The molecule has 2 N–H and O–H groups in total. The van der Waals surface area contributed by atoms with Crippen LogP contribution in [0.4, 0.5) is 0 Å². The van der Waals surface area contributed by atoms with E-state index in [0.29, 0.717) is 55.0 Å². The Hall–Kier alpha value is -4.64. The van der Waals surface area contributed by atoms with Crippen molar-refractivity contribution >= 4 is 23.4 Å². The Morgan fingerprint density at radius 1 is 1.03 bits per heavy atom. The number of ether oxygens (including phenoxy) is 4. The highest BCUT2D eigenvalue weighted by molar-refractivity contribution is 7.98. The van der Waals surface area contributed by atoms with E-state index in [9.17, 15) is 20.3 Å². The lowest BCUT2D eigenvalue weighted by Crippen LogP contribution is -2.70. The summed E-state index contributed by atoms with van der Waals surface area (Å²) in [6.07, 6.45) is 13.9. The van der Waals surface area contributed by atoms with Gasteiger partial charge in [0.1, 0.15) is 23.3 Å². The first-order valence-corrected chi connectivity index (χ1v) is 23.6. The molecule has 7 rings (SSSR count). The van der Waals surface area contributed by atoms with Crippen LogP contribution in [0.3, 0.4) is 0 Å². The van der Waals surface area contributed by atoms with E-state index < -0.39 is 24.0 Å². The van der Waals surface area contributed by atoms with E-state index in [1.165, 1.54) is 0 Å². The van der Waals surface area contributed by atoms with Crippen LogP contribution < -0.4 is 9.47 Å². The Morgan fingerprint density at radius 3 is 2.47 bits per heavy atom. The summed E-state index contributed by atoms with van der Waals surface area (Å²) < 4.78 is 27.1. The number of thioether (sulfide) groups is 1. The largest absolute Gasteiger partial charge is 0.459 e. The number of hydrogen-bond donors (Lipinski definition) is 2. The SMILES string of the molecule is C=CCOC12Oc3ccc(Oc4ccc(SC)cc4)cc3C3C(CCCCO)C(CCCCO)C=C(C(=NOC4CCCCO4)CC1N(CCC)C(=O)c1ccc(C#N)cc1)C32. The molecule has 4 aliphatic rings. The third-order valence-corrected chi connectivity index (χ3v) is 13.5. The quantitative estimate of drug-likeness (QED) is 0.0488. The summed E-state index contributed by atoms with van der Waals surface area (Å²) >= 11 is 1.67. The molecular weight excluding hydrogens is 803 g/mol. The van der Waals surface area contributed by atoms with E-state index in [2.05, 4.69) is 24.8 Å². The standard InChI is InChI=1S/C50H61N3O8S/c1-4-25-53(49(56)35-17-15-34(33-51)16-18-35)45-32-43(52-61-46-14-8-11-29-57-46)41-30-36(12-6-9-26-54)40(13-7-10-27-55)47-42-31-38(59-37-19-22-39(62-3)23-20-37)21-24-44(42)60-50(45,48(41)47)58-28-5-2/h5,15-24,30-31,36,40,45-48,54-55H,2,4,6-14,25-29,32H2,1,3H3. The normalized spacial score (nSPS) is 25.7. The van der Waals surface area contributed by atoms with Gasteiger partial charge in [-0.05, 0) is 135 Å². The molecule has 2 heterocycles. The average Bonchev–Trinajstić information content (AvgIpc) is 3.31. The summed E-state index contributed by atoms with van der Waals surface area (Å²) in [6.45, 7) is 7.49. The van der Waals surface area contributed by atoms with Gasteiger partial charge in [-0.25, -0.2) is 0 Å². The third-order valence-electron chi connectivity index (χ3n) is 12.7. The van der Waals surface area contributed by atoms with Gasteiger partial charge in [0.15, 0.2) is 0 Å². The number of aliphatic hydroxyl groups excluding tert-OH is 2. The fourth-order valence-corrected chi connectivity index (χ4v) is 10.3. The minimum atomic E-state index is -1.39. The number of allylic oxidation sites excluding steroid dienone is 1. The van der Waals surface area contributed by atoms with E-state index in [1.807, 2.05) is 54.5 Å². The molecule has 11 nitrogen and oxygen atoms in total. The molecule has 0 bridgehead atoms. The molecule has 2 aliphatic carbocycles. The highest BCUT2D eigenvalue weighted by Gasteiger charge is 2.65. The molecule has 7 atom stereocenters. The van der Waals surface area contributed by atoms with Crippen molar-refractivity contribution in [3.8, 4) is 23.3 Å². The Morgan fingerprint density at radius 2 is 1.79 bits per heavy atom. The van der Waals surface area contributed by atoms with E-state index in [-0.39, 0.29) is 49.9 Å². The number of fused-ring (bicyclic) bond motifs is 2. The van der Waals surface area contributed by atoms with Crippen molar-refractivity contribution in [2.24, 2.45) is 22.9 Å². The molecule has 62 heavy (non-hydrogen) atoms. The van der Waals surface area contributed by atoms with Crippen molar-refractivity contribution in [3.05, 3.63) is 108 Å². The maximum absolute atomic E-state index is 15.0. The fraction of sp³-hybridized carbons (Fsp3) is 0.500. The van der Waals surface area contributed by atoms with Gasteiger partial charge in [-0.3, -0.25) is 4.79 Å². The minimum absolute atomic E-state index is 0.0657. The second kappa shape index (κ2) is 21.6. The lowest BCUT2D eigenvalue weighted by molar-refractivity contribution is -0.254. The number of carbonyl (C=O) groups is 1. The molecule has 0 spiro atoms. The van der Waals surface area contributed by atoms with Crippen molar-refractivity contribution in [3.63, 3.8) is 0 Å². The topological polar surface area (TPSA) is 143 Å². The summed E-state index contributed by atoms with van der Waals surface area (Å²) in [5, 5.41) is 34.5. The monoisotopic (exact) mass is 863 g/mol. The smallest absolute Gasteiger partial charge is 0.254 e. The van der Waals surface area contributed by atoms with Crippen LogP contribution in [0.25, 0.3) is 0 Å². The number of nitrogens with zero attached hydrogens (tertiary/aromatic N) is 3. The van der Waals surface area contributed by atoms with Gasteiger partial charge < -0.3 is 38.9 Å². The van der Waals surface area contributed by atoms with Crippen LogP contribution >= 0.6 is 11.8 Å². The van der Waals surface area contributed by atoms with Crippen LogP contribution in [-0.4, -0.2) is 84.1 Å². The number of carbonyl (C=O) groups excluding carboxylic acids is 1. The van der Waals surface area contributed by atoms with Gasteiger partial charge in [-0.15, -0.1) is 18.3 Å². The van der Waals surface area contributed by atoms with E-state index in [0.717, 1.165) is 72.4 Å². The highest BCUT2D eigenvalue weighted by Crippen LogP contribution is 2.62. The number of nitriles is 1. The van der Waals surface area contributed by atoms with Gasteiger partial charge in [0.05, 0.1) is 36.5 Å². The second-order valence-corrected chi connectivity index (χ2v) is 17.5. The molecule has 0 radical (unpaired) electrons. The molecule has 3 aromatic carbocycles. The number of benzene rings is 3. The summed E-state index contributed by atoms with van der Waals surface area (Å²) in [5.41, 5.74) is 3.59. The van der Waals surface area contributed by atoms with Gasteiger partial charge in [0, 0.05) is 54.5 Å². The zero-order chi connectivity index (χ0) is 43.5. The van der Waals surface area contributed by atoms with E-state index in [4.69, 9.17) is 28.9 Å². The van der Waals surface area contributed by atoms with Crippen molar-refractivity contribution in [2.75, 3.05) is 39.2 Å². The molecule has 330 valence electrons. The van der Waals surface area contributed by atoms with Crippen LogP contribution in [-0.2, 0) is 14.3 Å². The van der Waals surface area contributed by atoms with Gasteiger partial charge >= 0.3 is 0 Å². The van der Waals surface area contributed by atoms with Crippen molar-refractivity contribution in [2.45, 2.75) is 106 Å². The van der Waals surface area contributed by atoms with Crippen molar-refractivity contribution in [1.29, 1.82) is 5.26 Å². The predicted molar refractivity (Wildman–Crippen MR) is 240 cm³/mol. The third kappa shape index (κ3) is 9.93. The fourth-order valence-electron chi connectivity index (χ4n) is 9.90. The molecule has 2 aliphatic heterocycles. The van der Waals surface area contributed by atoms with Gasteiger partial charge in [0.25, 0.3) is 5.91 Å².